The molecule has 0 radical (unpaired) electrons. The smallest absolute Gasteiger partial charge is 0.270 e. The van der Waals surface area contributed by atoms with Gasteiger partial charge in [0.15, 0.2) is 0 Å². The monoisotopic (exact) mass is 210 g/mol. The summed E-state index contributed by atoms with van der Waals surface area (Å²) in [4.78, 5) is 9.85. The van der Waals surface area contributed by atoms with E-state index in [1.54, 1.807) is 0 Å². The summed E-state index contributed by atoms with van der Waals surface area (Å²) in [5.74, 6) is 0.211. The van der Waals surface area contributed by atoms with Crippen LogP contribution in [-0.4, -0.2) is 10.0 Å². The largest absolute Gasteiger partial charge is 0.508 e. The molecule has 6 heteroatoms. The van der Waals surface area contributed by atoms with Crippen LogP contribution in [0.25, 0.3) is 0 Å². The molecule has 0 aliphatic carbocycles. The molecule has 0 aliphatic heterocycles. The van der Waals surface area contributed by atoms with E-state index in [0.29, 0.717) is 5.56 Å². The molecule has 0 aromatic heterocycles. The molecule has 14 heavy (non-hydrogen) atoms. The summed E-state index contributed by atoms with van der Waals surface area (Å²) in [5.41, 5.74) is 0.307. The first kappa shape index (κ1) is 10.3. The molecule has 0 saturated carbocycles. The number of phenolic OH excluding ortho intramolecular Hbond substituents is 1. The Balaban J connectivity index is 2.97. The molecule has 5 nitrogen and oxygen atoms in total. The summed E-state index contributed by atoms with van der Waals surface area (Å²) in [7, 11) is 0. The molecule has 1 aromatic carbocycles. The molecule has 1 rings (SSSR count). The quantitative estimate of drug-likeness (QED) is 0.468. The van der Waals surface area contributed by atoms with Gasteiger partial charge in [0.05, 0.1) is 4.92 Å². The number of hydrogen-bond donors (Lipinski definition) is 1. The van der Waals surface area contributed by atoms with Gasteiger partial charge >= 0.3 is 0 Å². The number of thioether (sulfide) groups is 1. The molecular formula is C8H6N2O3S. The number of nitrogens with zero attached hydrogens (tertiary/aromatic N) is 2. The zero-order valence-corrected chi connectivity index (χ0v) is 7.82. The minimum atomic E-state index is -0.542. The maximum atomic E-state index is 10.4. The van der Waals surface area contributed by atoms with Gasteiger partial charge in [-0.15, -0.1) is 0 Å². The number of nitro groups is 1. The van der Waals surface area contributed by atoms with Crippen molar-refractivity contribution in [3.63, 3.8) is 0 Å². The van der Waals surface area contributed by atoms with Gasteiger partial charge in [0, 0.05) is 23.4 Å². The second kappa shape index (κ2) is 4.48. The number of benzene rings is 1. The normalized spacial score (nSPS) is 9.36. The zero-order valence-electron chi connectivity index (χ0n) is 7.01. The molecule has 0 aliphatic rings. The van der Waals surface area contributed by atoms with Crippen LogP contribution < -0.4 is 0 Å². The fourth-order valence-corrected chi connectivity index (χ4v) is 1.36. The van der Waals surface area contributed by atoms with E-state index in [2.05, 4.69) is 0 Å². The van der Waals surface area contributed by atoms with E-state index < -0.39 is 4.92 Å². The number of thiocyanates is 1. The van der Waals surface area contributed by atoms with Crippen LogP contribution >= 0.6 is 11.8 Å². The molecule has 0 fully saturated rings. The van der Waals surface area contributed by atoms with Crippen molar-refractivity contribution in [2.75, 3.05) is 0 Å². The van der Waals surface area contributed by atoms with Gasteiger partial charge in [-0.2, -0.15) is 5.26 Å². The lowest BCUT2D eigenvalue weighted by Crippen LogP contribution is -1.89. The summed E-state index contributed by atoms with van der Waals surface area (Å²) in [6.45, 7) is 0. The van der Waals surface area contributed by atoms with Crippen molar-refractivity contribution in [3.05, 3.63) is 33.9 Å². The van der Waals surface area contributed by atoms with Crippen LogP contribution in [0.1, 0.15) is 5.56 Å². The Morgan fingerprint density at radius 2 is 2.36 bits per heavy atom. The van der Waals surface area contributed by atoms with E-state index in [1.807, 2.05) is 5.40 Å². The molecule has 0 amide bonds. The molecule has 1 N–H and O–H groups in total. The van der Waals surface area contributed by atoms with Crippen LogP contribution in [0.15, 0.2) is 18.2 Å². The van der Waals surface area contributed by atoms with Crippen molar-refractivity contribution < 1.29 is 10.0 Å². The van der Waals surface area contributed by atoms with Crippen molar-refractivity contribution in [1.82, 2.24) is 0 Å². The van der Waals surface area contributed by atoms with E-state index in [1.165, 1.54) is 18.2 Å². The van der Waals surface area contributed by atoms with Crippen LogP contribution in [-0.2, 0) is 5.75 Å². The lowest BCUT2D eigenvalue weighted by molar-refractivity contribution is -0.384. The molecule has 0 saturated heterocycles. The Hall–Kier alpha value is -1.74. The lowest BCUT2D eigenvalue weighted by Gasteiger charge is -2.00. The van der Waals surface area contributed by atoms with Crippen LogP contribution in [0.4, 0.5) is 5.69 Å². The number of non-ortho nitro benzene ring substituents is 1. The highest BCUT2D eigenvalue weighted by Crippen LogP contribution is 2.26. The summed E-state index contributed by atoms with van der Waals surface area (Å²) >= 11 is 0.919. The average molecular weight is 210 g/mol. The van der Waals surface area contributed by atoms with E-state index in [-0.39, 0.29) is 17.2 Å². The second-order valence-corrected chi connectivity index (χ2v) is 3.21. The van der Waals surface area contributed by atoms with Gasteiger partial charge in [0.2, 0.25) is 0 Å². The van der Waals surface area contributed by atoms with Crippen molar-refractivity contribution >= 4 is 17.4 Å². The maximum Gasteiger partial charge on any atom is 0.270 e. The first-order valence-electron chi connectivity index (χ1n) is 3.62. The Labute approximate surface area is 84.1 Å². The Morgan fingerprint density at radius 1 is 1.64 bits per heavy atom. The van der Waals surface area contributed by atoms with E-state index in [4.69, 9.17) is 5.26 Å². The molecule has 0 atom stereocenters. The summed E-state index contributed by atoms with van der Waals surface area (Å²) in [6, 6.07) is 3.74. The highest BCUT2D eigenvalue weighted by atomic mass is 32.2. The van der Waals surface area contributed by atoms with Gasteiger partial charge in [0.25, 0.3) is 5.69 Å². The number of hydrogen-bond acceptors (Lipinski definition) is 5. The first-order valence-corrected chi connectivity index (χ1v) is 4.61. The first-order chi connectivity index (χ1) is 6.65. The van der Waals surface area contributed by atoms with Crippen LogP contribution in [0.2, 0.25) is 0 Å². The highest BCUT2D eigenvalue weighted by molar-refractivity contribution is 8.02. The fourth-order valence-electron chi connectivity index (χ4n) is 0.911. The molecular weight excluding hydrogens is 204 g/mol. The third-order valence-electron chi connectivity index (χ3n) is 1.57. The summed E-state index contributed by atoms with van der Waals surface area (Å²) < 4.78 is 0. The Morgan fingerprint density at radius 3 is 2.93 bits per heavy atom. The average Bonchev–Trinajstić information content (AvgIpc) is 2.16. The van der Waals surface area contributed by atoms with Gasteiger partial charge in [-0.3, -0.25) is 10.1 Å². The Bertz CT molecular complexity index is 400. The molecule has 0 spiro atoms. The third kappa shape index (κ3) is 2.37. The highest BCUT2D eigenvalue weighted by Gasteiger charge is 2.09. The zero-order chi connectivity index (χ0) is 10.6. The third-order valence-corrected chi connectivity index (χ3v) is 2.15. The minimum absolute atomic E-state index is 0.0293. The van der Waals surface area contributed by atoms with Crippen LogP contribution in [0.5, 0.6) is 5.75 Å². The van der Waals surface area contributed by atoms with E-state index in [9.17, 15) is 15.2 Å². The van der Waals surface area contributed by atoms with Crippen molar-refractivity contribution in [2.24, 2.45) is 0 Å². The SMILES string of the molecule is N#CSCc1cc([N+](=O)[O-])ccc1O. The number of aromatic hydroxyl groups is 1. The van der Waals surface area contributed by atoms with Crippen LogP contribution in [0, 0.1) is 20.8 Å². The van der Waals surface area contributed by atoms with E-state index in [0.717, 1.165) is 11.8 Å². The van der Waals surface area contributed by atoms with Gasteiger partial charge < -0.3 is 5.11 Å². The number of rotatable bonds is 3. The Kier molecular flexibility index (Phi) is 3.31. The van der Waals surface area contributed by atoms with Gasteiger partial charge in [-0.1, -0.05) is 0 Å². The number of nitro benzene ring substituents is 1. The van der Waals surface area contributed by atoms with Crippen molar-refractivity contribution in [2.45, 2.75) is 5.75 Å². The second-order valence-electron chi connectivity index (χ2n) is 2.45. The molecule has 0 heterocycles. The number of phenols is 1. The van der Waals surface area contributed by atoms with Gasteiger partial charge in [0.1, 0.15) is 11.2 Å². The van der Waals surface area contributed by atoms with Crippen LogP contribution in [0.3, 0.4) is 0 Å². The predicted octanol–water partition coefficient (Wildman–Crippen LogP) is 2.01. The minimum Gasteiger partial charge on any atom is -0.508 e. The standard InChI is InChI=1S/C8H6N2O3S/c9-5-14-4-6-3-7(10(12)13)1-2-8(6)11/h1-3,11H,4H2. The summed E-state index contributed by atoms with van der Waals surface area (Å²) in [5, 5.41) is 29.8. The predicted molar refractivity (Wildman–Crippen MR) is 51.7 cm³/mol. The molecule has 0 bridgehead atoms. The van der Waals surface area contributed by atoms with Gasteiger partial charge in [-0.25, -0.2) is 0 Å². The lowest BCUT2D eigenvalue weighted by atomic mass is 10.2. The molecule has 1 aromatic rings. The molecule has 72 valence electrons. The maximum absolute atomic E-state index is 10.4. The van der Waals surface area contributed by atoms with Crippen molar-refractivity contribution in [1.29, 1.82) is 5.26 Å². The van der Waals surface area contributed by atoms with Crippen molar-refractivity contribution in [3.8, 4) is 11.2 Å². The summed E-state index contributed by atoms with van der Waals surface area (Å²) in [6.07, 6.45) is 0. The van der Waals surface area contributed by atoms with Gasteiger partial charge in [-0.05, 0) is 17.8 Å². The molecule has 0 unspecified atom stereocenters. The van der Waals surface area contributed by atoms with E-state index >= 15 is 0 Å². The topological polar surface area (TPSA) is 87.2 Å². The fraction of sp³-hybridized carbons (Fsp3) is 0.125. The number of nitriles is 1.